The van der Waals surface area contributed by atoms with Crippen molar-refractivity contribution in [3.05, 3.63) is 0 Å². The lowest BCUT2D eigenvalue weighted by Crippen LogP contribution is -2.53. The van der Waals surface area contributed by atoms with E-state index in [2.05, 4.69) is 10.6 Å². The van der Waals surface area contributed by atoms with Gasteiger partial charge in [-0.1, -0.05) is 27.7 Å². The molecule has 0 aliphatic carbocycles. The second-order valence-corrected chi connectivity index (χ2v) is 6.39. The molecule has 0 radical (unpaired) electrons. The maximum absolute atomic E-state index is 12.1. The van der Waals surface area contributed by atoms with E-state index in [1.807, 2.05) is 27.7 Å². The molecule has 0 aliphatic heterocycles. The van der Waals surface area contributed by atoms with E-state index >= 15 is 0 Å². The first-order chi connectivity index (χ1) is 10.6. The fourth-order valence-electron chi connectivity index (χ4n) is 1.85. The van der Waals surface area contributed by atoms with E-state index in [1.165, 1.54) is 0 Å². The summed E-state index contributed by atoms with van der Waals surface area (Å²) in [6.07, 6.45) is -3.26. The Morgan fingerprint density at radius 3 is 1.91 bits per heavy atom. The Morgan fingerprint density at radius 1 is 0.913 bits per heavy atom. The van der Waals surface area contributed by atoms with Crippen LogP contribution in [0, 0.1) is 11.8 Å². The monoisotopic (exact) mass is 332 g/mol. The van der Waals surface area contributed by atoms with E-state index in [4.69, 9.17) is 5.11 Å². The van der Waals surface area contributed by atoms with Gasteiger partial charge >= 0.3 is 5.97 Å². The summed E-state index contributed by atoms with van der Waals surface area (Å²) in [5.41, 5.74) is 0. The molecule has 0 saturated carbocycles. The molecule has 0 aromatic heterocycles. The molecule has 2 amide bonds. The van der Waals surface area contributed by atoms with Crippen molar-refractivity contribution in [1.82, 2.24) is 10.6 Å². The highest BCUT2D eigenvalue weighted by Crippen LogP contribution is 2.07. The van der Waals surface area contributed by atoms with Gasteiger partial charge in [0.1, 0.15) is 6.04 Å². The first-order valence-electron chi connectivity index (χ1n) is 7.73. The molecule has 3 atom stereocenters. The van der Waals surface area contributed by atoms with Gasteiger partial charge in [-0.2, -0.15) is 0 Å². The average molecular weight is 332 g/mol. The van der Waals surface area contributed by atoms with Crippen molar-refractivity contribution in [2.75, 3.05) is 6.54 Å². The average Bonchev–Trinajstić information content (AvgIpc) is 2.43. The van der Waals surface area contributed by atoms with Gasteiger partial charge < -0.3 is 26.0 Å². The zero-order chi connectivity index (χ0) is 18.2. The minimum atomic E-state index is -2.24. The van der Waals surface area contributed by atoms with Crippen molar-refractivity contribution < 1.29 is 29.7 Å². The highest BCUT2D eigenvalue weighted by Gasteiger charge is 2.32. The number of carbonyl (C=O) groups excluding carboxylic acids is 2. The van der Waals surface area contributed by atoms with Gasteiger partial charge in [-0.05, 0) is 24.7 Å². The SMILES string of the molecule is CC(C)CCNC(=O)[C@H](CC(C)C)NC(=O)[C@H](O)[C@@H](O)C(=O)O. The van der Waals surface area contributed by atoms with Gasteiger partial charge in [0.15, 0.2) is 12.2 Å². The highest BCUT2D eigenvalue weighted by molar-refractivity contribution is 5.92. The summed E-state index contributed by atoms with van der Waals surface area (Å²) in [6, 6.07) is -0.898. The zero-order valence-electron chi connectivity index (χ0n) is 14.1. The molecule has 0 aromatic carbocycles. The topological polar surface area (TPSA) is 136 Å². The van der Waals surface area contributed by atoms with Gasteiger partial charge in [-0.15, -0.1) is 0 Å². The number of hydrogen-bond acceptors (Lipinski definition) is 5. The Bertz CT molecular complexity index is 411. The number of carbonyl (C=O) groups is 3. The number of carboxylic acid groups (broad SMARTS) is 1. The van der Waals surface area contributed by atoms with E-state index in [-0.39, 0.29) is 5.92 Å². The third-order valence-electron chi connectivity index (χ3n) is 3.18. The lowest BCUT2D eigenvalue weighted by molar-refractivity contribution is -0.158. The predicted octanol–water partition coefficient (Wildman–Crippen LogP) is -0.514. The largest absolute Gasteiger partial charge is 0.479 e. The highest BCUT2D eigenvalue weighted by atomic mass is 16.4. The molecule has 0 rings (SSSR count). The van der Waals surface area contributed by atoms with Crippen molar-refractivity contribution >= 4 is 17.8 Å². The molecule has 0 aromatic rings. The van der Waals surface area contributed by atoms with Crippen LogP contribution in [-0.2, 0) is 14.4 Å². The molecule has 0 aliphatic rings. The number of aliphatic carboxylic acids is 1. The van der Waals surface area contributed by atoms with E-state index in [0.29, 0.717) is 18.9 Å². The number of nitrogens with one attached hydrogen (secondary N) is 2. The third kappa shape index (κ3) is 8.51. The van der Waals surface area contributed by atoms with Crippen molar-refractivity contribution in [1.29, 1.82) is 0 Å². The Balaban J connectivity index is 4.74. The first kappa shape index (κ1) is 21.3. The van der Waals surface area contributed by atoms with Crippen molar-refractivity contribution in [3.63, 3.8) is 0 Å². The number of amides is 2. The van der Waals surface area contributed by atoms with Crippen LogP contribution < -0.4 is 10.6 Å². The van der Waals surface area contributed by atoms with Crippen molar-refractivity contribution in [2.24, 2.45) is 11.8 Å². The predicted molar refractivity (Wildman–Crippen MR) is 83.5 cm³/mol. The van der Waals surface area contributed by atoms with Gasteiger partial charge in [-0.25, -0.2) is 4.79 Å². The molecule has 0 unspecified atom stereocenters. The summed E-state index contributed by atoms with van der Waals surface area (Å²) in [6.45, 7) is 8.22. The molecular formula is C15H28N2O6. The quantitative estimate of drug-likeness (QED) is 0.365. The van der Waals surface area contributed by atoms with Crippen molar-refractivity contribution in [3.8, 4) is 0 Å². The maximum atomic E-state index is 12.1. The normalized spacial score (nSPS) is 15.1. The summed E-state index contributed by atoms with van der Waals surface area (Å²) >= 11 is 0. The van der Waals surface area contributed by atoms with Gasteiger partial charge in [0.05, 0.1) is 0 Å². The Kier molecular flexibility index (Phi) is 9.43. The Hall–Kier alpha value is -1.67. The van der Waals surface area contributed by atoms with E-state index in [9.17, 15) is 24.6 Å². The lowest BCUT2D eigenvalue weighted by Gasteiger charge is -2.22. The van der Waals surface area contributed by atoms with Gasteiger partial charge in [0.2, 0.25) is 5.91 Å². The zero-order valence-corrected chi connectivity index (χ0v) is 14.1. The molecule has 0 bridgehead atoms. The van der Waals surface area contributed by atoms with E-state index < -0.39 is 36.0 Å². The van der Waals surface area contributed by atoms with Crippen molar-refractivity contribution in [2.45, 2.75) is 58.8 Å². The molecule has 0 fully saturated rings. The summed E-state index contributed by atoms with van der Waals surface area (Å²) < 4.78 is 0. The minimum Gasteiger partial charge on any atom is -0.479 e. The molecule has 8 nitrogen and oxygen atoms in total. The molecule has 5 N–H and O–H groups in total. The summed E-state index contributed by atoms with van der Waals surface area (Å²) in [4.78, 5) is 34.5. The van der Waals surface area contributed by atoms with Crippen LogP contribution in [0.4, 0.5) is 0 Å². The number of aliphatic hydroxyl groups is 2. The lowest BCUT2D eigenvalue weighted by atomic mass is 10.0. The molecule has 8 heteroatoms. The maximum Gasteiger partial charge on any atom is 0.335 e. The van der Waals surface area contributed by atoms with Crippen LogP contribution in [0.2, 0.25) is 0 Å². The van der Waals surface area contributed by atoms with Crippen LogP contribution in [0.3, 0.4) is 0 Å². The second kappa shape index (κ2) is 10.2. The van der Waals surface area contributed by atoms with Crippen LogP contribution in [0.1, 0.15) is 40.5 Å². The van der Waals surface area contributed by atoms with Crippen LogP contribution in [-0.4, -0.2) is 57.9 Å². The Labute approximate surface area is 136 Å². The van der Waals surface area contributed by atoms with E-state index in [0.717, 1.165) is 6.42 Å². The molecule has 0 spiro atoms. The molecular weight excluding hydrogens is 304 g/mol. The third-order valence-corrected chi connectivity index (χ3v) is 3.18. The van der Waals surface area contributed by atoms with Gasteiger partial charge in [0, 0.05) is 6.54 Å². The molecule has 23 heavy (non-hydrogen) atoms. The Morgan fingerprint density at radius 2 is 1.48 bits per heavy atom. The van der Waals surface area contributed by atoms with Gasteiger partial charge in [0.25, 0.3) is 5.91 Å². The molecule has 134 valence electrons. The molecule has 0 heterocycles. The van der Waals surface area contributed by atoms with Gasteiger partial charge in [-0.3, -0.25) is 9.59 Å². The summed E-state index contributed by atoms with van der Waals surface area (Å²) in [5.74, 6) is -2.69. The fraction of sp³-hybridized carbons (Fsp3) is 0.800. The first-order valence-corrected chi connectivity index (χ1v) is 7.73. The summed E-state index contributed by atoms with van der Waals surface area (Å²) in [7, 11) is 0. The fourth-order valence-corrected chi connectivity index (χ4v) is 1.85. The number of aliphatic hydroxyl groups excluding tert-OH is 2. The van der Waals surface area contributed by atoms with E-state index in [1.54, 1.807) is 0 Å². The standard InChI is InChI=1S/C15H28N2O6/c1-8(2)5-6-16-13(20)10(7-9(3)4)17-14(21)11(18)12(19)15(22)23/h8-12,18-19H,5-7H2,1-4H3,(H,16,20)(H,17,21)(H,22,23)/t10-,11+,12+/m0/s1. The summed E-state index contributed by atoms with van der Waals surface area (Å²) in [5, 5.41) is 32.3. The second-order valence-electron chi connectivity index (χ2n) is 6.39. The molecule has 0 saturated heterocycles. The smallest absolute Gasteiger partial charge is 0.335 e. The van der Waals surface area contributed by atoms with Crippen LogP contribution in [0.5, 0.6) is 0 Å². The number of hydrogen-bond donors (Lipinski definition) is 5. The number of carboxylic acids is 1. The van der Waals surface area contributed by atoms with Crippen LogP contribution in [0.15, 0.2) is 0 Å². The van der Waals surface area contributed by atoms with Crippen LogP contribution in [0.25, 0.3) is 0 Å². The minimum absolute atomic E-state index is 0.0951. The van der Waals surface area contributed by atoms with Crippen LogP contribution >= 0.6 is 0 Å². The number of rotatable bonds is 10.